The molecule has 1 rings (SSSR count). The van der Waals surface area contributed by atoms with Gasteiger partial charge in [-0.05, 0) is 5.56 Å². The van der Waals surface area contributed by atoms with Gasteiger partial charge in [-0.3, -0.25) is 0 Å². The molecule has 0 bridgehead atoms. The van der Waals surface area contributed by atoms with E-state index in [9.17, 15) is 0 Å². The van der Waals surface area contributed by atoms with Gasteiger partial charge in [0.25, 0.3) is 0 Å². The molecule has 1 atom stereocenters. The van der Waals surface area contributed by atoms with E-state index in [-0.39, 0.29) is 5.88 Å². The summed E-state index contributed by atoms with van der Waals surface area (Å²) in [5.74, 6) is 0.217. The molecule has 0 aliphatic carbocycles. The molecule has 0 fully saturated rings. The Labute approximate surface area is 83.1 Å². The van der Waals surface area contributed by atoms with Crippen LogP contribution in [0, 0.1) is 0 Å². The van der Waals surface area contributed by atoms with E-state index < -0.39 is 6.10 Å². The van der Waals surface area contributed by atoms with Crippen LogP contribution in [-0.2, 0) is 11.3 Å². The SMILES string of the molecule is OC(CCl)COCc1ccccc1. The summed E-state index contributed by atoms with van der Waals surface area (Å²) >= 11 is 5.40. The van der Waals surface area contributed by atoms with Gasteiger partial charge >= 0.3 is 0 Å². The number of hydrogen-bond acceptors (Lipinski definition) is 2. The van der Waals surface area contributed by atoms with E-state index in [0.29, 0.717) is 13.2 Å². The Bertz CT molecular complexity index is 226. The number of benzene rings is 1. The van der Waals surface area contributed by atoms with Crippen molar-refractivity contribution in [3.63, 3.8) is 0 Å². The summed E-state index contributed by atoms with van der Waals surface area (Å²) in [6.45, 7) is 0.813. The van der Waals surface area contributed by atoms with Crippen molar-refractivity contribution in [2.75, 3.05) is 12.5 Å². The topological polar surface area (TPSA) is 29.5 Å². The van der Waals surface area contributed by atoms with Crippen molar-refractivity contribution in [1.82, 2.24) is 0 Å². The number of alkyl halides is 1. The van der Waals surface area contributed by atoms with E-state index in [0.717, 1.165) is 5.56 Å². The molecule has 0 aliphatic rings. The molecular formula is C10H13ClO2. The second kappa shape index (κ2) is 5.97. The molecule has 0 spiro atoms. The van der Waals surface area contributed by atoms with Crippen LogP contribution in [0.1, 0.15) is 5.56 Å². The van der Waals surface area contributed by atoms with Crippen molar-refractivity contribution < 1.29 is 9.84 Å². The third kappa shape index (κ3) is 4.27. The van der Waals surface area contributed by atoms with E-state index >= 15 is 0 Å². The third-order valence-corrected chi connectivity index (χ3v) is 1.96. The van der Waals surface area contributed by atoms with Crippen molar-refractivity contribution >= 4 is 11.6 Å². The van der Waals surface area contributed by atoms with Crippen molar-refractivity contribution in [1.29, 1.82) is 0 Å². The van der Waals surface area contributed by atoms with Crippen LogP contribution in [-0.4, -0.2) is 23.7 Å². The first kappa shape index (κ1) is 10.5. The van der Waals surface area contributed by atoms with Gasteiger partial charge in [0.2, 0.25) is 0 Å². The molecule has 2 nitrogen and oxygen atoms in total. The number of aliphatic hydroxyl groups is 1. The smallest absolute Gasteiger partial charge is 0.0908 e. The second-order valence-corrected chi connectivity index (χ2v) is 3.12. The van der Waals surface area contributed by atoms with Crippen LogP contribution >= 0.6 is 11.6 Å². The Morgan fingerprint density at radius 2 is 2.00 bits per heavy atom. The lowest BCUT2D eigenvalue weighted by atomic mass is 10.2. The quantitative estimate of drug-likeness (QED) is 0.735. The number of halogens is 1. The molecule has 1 N–H and O–H groups in total. The van der Waals surface area contributed by atoms with Crippen LogP contribution in [0.3, 0.4) is 0 Å². The molecule has 0 saturated heterocycles. The third-order valence-electron chi connectivity index (χ3n) is 1.60. The molecule has 0 amide bonds. The lowest BCUT2D eigenvalue weighted by molar-refractivity contribution is 0.0392. The molecule has 0 aliphatic heterocycles. The maximum absolute atomic E-state index is 9.08. The van der Waals surface area contributed by atoms with E-state index in [1.165, 1.54) is 0 Å². The summed E-state index contributed by atoms with van der Waals surface area (Å²) in [6, 6.07) is 9.82. The van der Waals surface area contributed by atoms with E-state index in [2.05, 4.69) is 0 Å². The first-order chi connectivity index (χ1) is 6.33. The maximum atomic E-state index is 9.08. The minimum atomic E-state index is -0.564. The second-order valence-electron chi connectivity index (χ2n) is 2.81. The van der Waals surface area contributed by atoms with Gasteiger partial charge in [-0.25, -0.2) is 0 Å². The molecular weight excluding hydrogens is 188 g/mol. The predicted octanol–water partition coefficient (Wildman–Crippen LogP) is 1.80. The minimum absolute atomic E-state index is 0.217. The summed E-state index contributed by atoms with van der Waals surface area (Å²) in [4.78, 5) is 0. The molecule has 0 saturated carbocycles. The van der Waals surface area contributed by atoms with Gasteiger partial charge in [0.1, 0.15) is 0 Å². The van der Waals surface area contributed by atoms with Crippen molar-refractivity contribution in [2.24, 2.45) is 0 Å². The molecule has 1 unspecified atom stereocenters. The fourth-order valence-electron chi connectivity index (χ4n) is 0.932. The number of aliphatic hydroxyl groups excluding tert-OH is 1. The zero-order valence-electron chi connectivity index (χ0n) is 7.32. The van der Waals surface area contributed by atoms with E-state index in [1.807, 2.05) is 30.3 Å². The van der Waals surface area contributed by atoms with Crippen LogP contribution in [0.2, 0.25) is 0 Å². The molecule has 0 heterocycles. The lowest BCUT2D eigenvalue weighted by Gasteiger charge is -2.07. The highest BCUT2D eigenvalue weighted by Gasteiger charge is 2.00. The Morgan fingerprint density at radius 3 is 2.62 bits per heavy atom. The first-order valence-electron chi connectivity index (χ1n) is 4.18. The van der Waals surface area contributed by atoms with E-state index in [4.69, 9.17) is 21.4 Å². The fourth-order valence-corrected chi connectivity index (χ4v) is 1.02. The number of ether oxygens (including phenoxy) is 1. The van der Waals surface area contributed by atoms with Gasteiger partial charge < -0.3 is 9.84 Å². The average molecular weight is 201 g/mol. The van der Waals surface area contributed by atoms with Crippen LogP contribution in [0.5, 0.6) is 0 Å². The zero-order valence-corrected chi connectivity index (χ0v) is 8.07. The summed E-state index contributed by atoms with van der Waals surface area (Å²) in [5.41, 5.74) is 1.10. The van der Waals surface area contributed by atoms with Crippen LogP contribution in [0.4, 0.5) is 0 Å². The van der Waals surface area contributed by atoms with Crippen molar-refractivity contribution in [3.8, 4) is 0 Å². The fraction of sp³-hybridized carbons (Fsp3) is 0.400. The molecule has 1 aromatic carbocycles. The maximum Gasteiger partial charge on any atom is 0.0908 e. The summed E-state index contributed by atoms with van der Waals surface area (Å²) in [7, 11) is 0. The predicted molar refractivity (Wildman–Crippen MR) is 52.8 cm³/mol. The minimum Gasteiger partial charge on any atom is -0.389 e. The highest BCUT2D eigenvalue weighted by atomic mass is 35.5. The van der Waals surface area contributed by atoms with Gasteiger partial charge in [0.05, 0.1) is 25.2 Å². The summed E-state index contributed by atoms with van der Waals surface area (Å²) < 4.78 is 5.24. The normalized spacial score (nSPS) is 12.8. The molecule has 3 heteroatoms. The van der Waals surface area contributed by atoms with Crippen molar-refractivity contribution in [2.45, 2.75) is 12.7 Å². The van der Waals surface area contributed by atoms with Crippen LogP contribution in [0.15, 0.2) is 30.3 Å². The van der Waals surface area contributed by atoms with Crippen LogP contribution < -0.4 is 0 Å². The van der Waals surface area contributed by atoms with Gasteiger partial charge in [-0.2, -0.15) is 0 Å². The van der Waals surface area contributed by atoms with Crippen LogP contribution in [0.25, 0.3) is 0 Å². The highest BCUT2D eigenvalue weighted by Crippen LogP contribution is 2.01. The first-order valence-corrected chi connectivity index (χ1v) is 4.72. The molecule has 0 aromatic heterocycles. The summed E-state index contributed by atoms with van der Waals surface area (Å²) in [6.07, 6.45) is -0.564. The largest absolute Gasteiger partial charge is 0.389 e. The van der Waals surface area contributed by atoms with E-state index in [1.54, 1.807) is 0 Å². The Kier molecular flexibility index (Phi) is 4.83. The number of hydrogen-bond donors (Lipinski definition) is 1. The van der Waals surface area contributed by atoms with Crippen molar-refractivity contribution in [3.05, 3.63) is 35.9 Å². The lowest BCUT2D eigenvalue weighted by Crippen LogP contribution is -2.16. The molecule has 13 heavy (non-hydrogen) atoms. The molecule has 0 radical (unpaired) electrons. The molecule has 72 valence electrons. The van der Waals surface area contributed by atoms with Gasteiger partial charge in [0.15, 0.2) is 0 Å². The van der Waals surface area contributed by atoms with Gasteiger partial charge in [0, 0.05) is 0 Å². The summed E-state index contributed by atoms with van der Waals surface area (Å²) in [5, 5.41) is 9.08. The Hall–Kier alpha value is -0.570. The Morgan fingerprint density at radius 1 is 1.31 bits per heavy atom. The monoisotopic (exact) mass is 200 g/mol. The standard InChI is InChI=1S/C10H13ClO2/c11-6-10(12)8-13-7-9-4-2-1-3-5-9/h1-5,10,12H,6-8H2. The Balaban J connectivity index is 2.20. The van der Waals surface area contributed by atoms with Gasteiger partial charge in [-0.1, -0.05) is 30.3 Å². The zero-order chi connectivity index (χ0) is 9.52. The molecule has 1 aromatic rings. The average Bonchev–Trinajstić information content (AvgIpc) is 2.19. The van der Waals surface area contributed by atoms with Gasteiger partial charge in [-0.15, -0.1) is 11.6 Å². The number of rotatable bonds is 5. The highest BCUT2D eigenvalue weighted by molar-refractivity contribution is 6.18.